The van der Waals surface area contributed by atoms with Crippen LogP contribution in [-0.2, 0) is 9.53 Å². The van der Waals surface area contributed by atoms with Crippen molar-refractivity contribution < 1.29 is 9.53 Å². The Balaban J connectivity index is 2.16. The summed E-state index contributed by atoms with van der Waals surface area (Å²) in [6.45, 7) is 6.31. The highest BCUT2D eigenvalue weighted by Gasteiger charge is 2.45. The molecule has 0 radical (unpaired) electrons. The van der Waals surface area contributed by atoms with Crippen molar-refractivity contribution >= 4 is 5.91 Å². The summed E-state index contributed by atoms with van der Waals surface area (Å²) in [5.74, 6) is -0.190. The highest BCUT2D eigenvalue weighted by Crippen LogP contribution is 2.31. The molecule has 2 saturated heterocycles. The molecule has 0 aromatic carbocycles. The Kier molecular flexibility index (Phi) is 3.47. The zero-order chi connectivity index (χ0) is 11.6. The average Bonchev–Trinajstić information content (AvgIpc) is 2.30. The lowest BCUT2D eigenvalue weighted by Gasteiger charge is -2.47. The first kappa shape index (κ1) is 11.8. The Morgan fingerprint density at radius 1 is 1.50 bits per heavy atom. The number of nitrogens with zero attached hydrogens (tertiary/aromatic N) is 1. The number of rotatable bonds is 2. The van der Waals surface area contributed by atoms with Gasteiger partial charge in [-0.2, -0.15) is 0 Å². The highest BCUT2D eigenvalue weighted by atomic mass is 16.5. The van der Waals surface area contributed by atoms with Crippen LogP contribution in [0, 0.1) is 0 Å². The number of carbonyl (C=O) groups is 1. The molecule has 0 aliphatic carbocycles. The molecule has 2 heterocycles. The van der Waals surface area contributed by atoms with Crippen LogP contribution in [0.5, 0.6) is 0 Å². The van der Waals surface area contributed by atoms with Crippen LogP contribution in [-0.4, -0.2) is 55.2 Å². The molecule has 0 aromatic heterocycles. The van der Waals surface area contributed by atoms with Crippen LogP contribution in [0.15, 0.2) is 0 Å². The SMILES string of the molecule is CC1CC(C(N)=O)(N2CCNCC2)CCO1. The molecule has 2 aliphatic heterocycles. The van der Waals surface area contributed by atoms with Crippen molar-refractivity contribution in [2.75, 3.05) is 32.8 Å². The van der Waals surface area contributed by atoms with Crippen LogP contribution in [0.3, 0.4) is 0 Å². The number of hydrogen-bond acceptors (Lipinski definition) is 4. The van der Waals surface area contributed by atoms with Gasteiger partial charge in [0.2, 0.25) is 5.91 Å². The van der Waals surface area contributed by atoms with Gasteiger partial charge in [0.25, 0.3) is 0 Å². The van der Waals surface area contributed by atoms with Crippen molar-refractivity contribution in [2.45, 2.75) is 31.4 Å². The third kappa shape index (κ3) is 2.07. The Hall–Kier alpha value is -0.650. The lowest BCUT2D eigenvalue weighted by molar-refractivity contribution is -0.142. The van der Waals surface area contributed by atoms with Crippen LogP contribution in [0.2, 0.25) is 0 Å². The van der Waals surface area contributed by atoms with Crippen molar-refractivity contribution in [1.82, 2.24) is 10.2 Å². The Bertz CT molecular complexity index is 266. The van der Waals surface area contributed by atoms with Crippen molar-refractivity contribution in [1.29, 1.82) is 0 Å². The summed E-state index contributed by atoms with van der Waals surface area (Å²) in [5.41, 5.74) is 5.17. The summed E-state index contributed by atoms with van der Waals surface area (Å²) in [6, 6.07) is 0. The Labute approximate surface area is 96.3 Å². The van der Waals surface area contributed by atoms with Gasteiger partial charge in [0.15, 0.2) is 0 Å². The molecule has 92 valence electrons. The van der Waals surface area contributed by atoms with Gasteiger partial charge < -0.3 is 15.8 Å². The number of piperazine rings is 1. The minimum Gasteiger partial charge on any atom is -0.378 e. The lowest BCUT2D eigenvalue weighted by atomic mass is 9.84. The standard InChI is InChI=1S/C11H21N3O2/c1-9-8-11(10(12)15,2-7-16-9)14-5-3-13-4-6-14/h9,13H,2-8H2,1H3,(H2,12,15). The molecule has 2 atom stereocenters. The quantitative estimate of drug-likeness (QED) is 0.655. The van der Waals surface area contributed by atoms with E-state index in [0.29, 0.717) is 6.61 Å². The fourth-order valence-corrected chi connectivity index (χ4v) is 2.83. The number of nitrogens with two attached hydrogens (primary N) is 1. The van der Waals surface area contributed by atoms with Gasteiger partial charge in [-0.15, -0.1) is 0 Å². The molecule has 2 rings (SSSR count). The number of hydrogen-bond donors (Lipinski definition) is 2. The Morgan fingerprint density at radius 3 is 2.75 bits per heavy atom. The van der Waals surface area contributed by atoms with E-state index in [-0.39, 0.29) is 12.0 Å². The van der Waals surface area contributed by atoms with Gasteiger partial charge in [-0.1, -0.05) is 0 Å². The van der Waals surface area contributed by atoms with E-state index in [0.717, 1.165) is 39.0 Å². The van der Waals surface area contributed by atoms with Crippen molar-refractivity contribution in [3.05, 3.63) is 0 Å². The maximum Gasteiger partial charge on any atom is 0.238 e. The number of amides is 1. The van der Waals surface area contributed by atoms with Crippen molar-refractivity contribution in [3.8, 4) is 0 Å². The van der Waals surface area contributed by atoms with Crippen LogP contribution in [0.25, 0.3) is 0 Å². The van der Waals surface area contributed by atoms with Gasteiger partial charge in [-0.25, -0.2) is 0 Å². The van der Waals surface area contributed by atoms with E-state index in [9.17, 15) is 4.79 Å². The first-order valence-corrected chi connectivity index (χ1v) is 6.02. The van der Waals surface area contributed by atoms with E-state index in [1.54, 1.807) is 0 Å². The van der Waals surface area contributed by atoms with E-state index < -0.39 is 5.54 Å². The average molecular weight is 227 g/mol. The molecule has 16 heavy (non-hydrogen) atoms. The monoisotopic (exact) mass is 227 g/mol. The molecule has 2 unspecified atom stereocenters. The smallest absolute Gasteiger partial charge is 0.238 e. The van der Waals surface area contributed by atoms with E-state index in [1.165, 1.54) is 0 Å². The van der Waals surface area contributed by atoms with Gasteiger partial charge in [-0.05, 0) is 13.3 Å². The molecule has 5 heteroatoms. The van der Waals surface area contributed by atoms with Crippen LogP contribution >= 0.6 is 0 Å². The molecular weight excluding hydrogens is 206 g/mol. The molecule has 0 aromatic rings. The van der Waals surface area contributed by atoms with Crippen molar-refractivity contribution in [3.63, 3.8) is 0 Å². The summed E-state index contributed by atoms with van der Waals surface area (Å²) < 4.78 is 5.52. The molecule has 0 bridgehead atoms. The zero-order valence-electron chi connectivity index (χ0n) is 9.87. The van der Waals surface area contributed by atoms with E-state index in [1.807, 2.05) is 6.92 Å². The molecule has 0 saturated carbocycles. The highest BCUT2D eigenvalue weighted by molar-refractivity contribution is 5.84. The van der Waals surface area contributed by atoms with Gasteiger partial charge in [0.1, 0.15) is 5.54 Å². The van der Waals surface area contributed by atoms with Crippen LogP contribution in [0.1, 0.15) is 19.8 Å². The summed E-state index contributed by atoms with van der Waals surface area (Å²) in [4.78, 5) is 14.1. The fraction of sp³-hybridized carbons (Fsp3) is 0.909. The predicted octanol–water partition coefficient (Wildman–Crippen LogP) is -0.685. The second-order valence-corrected chi connectivity index (χ2v) is 4.77. The van der Waals surface area contributed by atoms with Crippen molar-refractivity contribution in [2.24, 2.45) is 5.73 Å². The second kappa shape index (κ2) is 4.69. The normalized spacial score (nSPS) is 37.2. The van der Waals surface area contributed by atoms with Gasteiger partial charge in [-0.3, -0.25) is 9.69 Å². The minimum atomic E-state index is -0.472. The molecule has 1 amide bonds. The molecule has 5 nitrogen and oxygen atoms in total. The Morgan fingerprint density at radius 2 is 2.19 bits per heavy atom. The minimum absolute atomic E-state index is 0.121. The van der Waals surface area contributed by atoms with E-state index >= 15 is 0 Å². The molecule has 2 aliphatic rings. The van der Waals surface area contributed by atoms with Gasteiger partial charge >= 0.3 is 0 Å². The number of ether oxygens (including phenoxy) is 1. The number of primary amides is 1. The fourth-order valence-electron chi connectivity index (χ4n) is 2.83. The third-order valence-electron chi connectivity index (χ3n) is 3.72. The van der Waals surface area contributed by atoms with E-state index in [4.69, 9.17) is 10.5 Å². The van der Waals surface area contributed by atoms with Crippen LogP contribution in [0.4, 0.5) is 0 Å². The summed E-state index contributed by atoms with van der Waals surface area (Å²) in [5, 5.41) is 3.30. The zero-order valence-corrected chi connectivity index (χ0v) is 9.87. The predicted molar refractivity (Wildman–Crippen MR) is 61.0 cm³/mol. The van der Waals surface area contributed by atoms with Gasteiger partial charge in [0, 0.05) is 39.2 Å². The number of carbonyl (C=O) groups excluding carboxylic acids is 1. The van der Waals surface area contributed by atoms with Crippen LogP contribution < -0.4 is 11.1 Å². The molecule has 0 spiro atoms. The largest absolute Gasteiger partial charge is 0.378 e. The maximum absolute atomic E-state index is 11.8. The maximum atomic E-state index is 11.8. The lowest BCUT2D eigenvalue weighted by Crippen LogP contribution is -2.65. The first-order chi connectivity index (χ1) is 7.65. The number of nitrogens with one attached hydrogen (secondary N) is 1. The molecule has 3 N–H and O–H groups in total. The summed E-state index contributed by atoms with van der Waals surface area (Å²) >= 11 is 0. The molecular formula is C11H21N3O2. The third-order valence-corrected chi connectivity index (χ3v) is 3.72. The van der Waals surface area contributed by atoms with Gasteiger partial charge in [0.05, 0.1) is 6.10 Å². The second-order valence-electron chi connectivity index (χ2n) is 4.77. The first-order valence-electron chi connectivity index (χ1n) is 6.02. The topological polar surface area (TPSA) is 67.6 Å². The summed E-state index contributed by atoms with van der Waals surface area (Å²) in [6.07, 6.45) is 1.57. The summed E-state index contributed by atoms with van der Waals surface area (Å²) in [7, 11) is 0. The van der Waals surface area contributed by atoms with E-state index in [2.05, 4.69) is 10.2 Å². The molecule has 2 fully saturated rings.